The van der Waals surface area contributed by atoms with Crippen molar-refractivity contribution < 1.29 is 9.53 Å². The molecule has 0 radical (unpaired) electrons. The largest absolute Gasteiger partial charge is 0.495 e. The molecule has 134 valence electrons. The van der Waals surface area contributed by atoms with E-state index in [1.165, 1.54) is 18.9 Å². The Bertz CT molecular complexity index is 933. The number of ether oxygens (including phenoxy) is 1. The van der Waals surface area contributed by atoms with Crippen LogP contribution in [0, 0.1) is 0 Å². The van der Waals surface area contributed by atoms with Crippen LogP contribution in [0.1, 0.15) is 0 Å². The molecule has 0 aliphatic rings. The molecular weight excluding hydrogens is 395 g/mol. The minimum absolute atomic E-state index is 0.134. The fourth-order valence-corrected chi connectivity index (χ4v) is 3.17. The zero-order chi connectivity index (χ0) is 18.5. The Labute approximate surface area is 164 Å². The number of halogens is 2. The summed E-state index contributed by atoms with van der Waals surface area (Å²) in [5, 5.41) is 11.2. The number of aromatic amines is 1. The summed E-state index contributed by atoms with van der Waals surface area (Å²) >= 11 is 13.3. The van der Waals surface area contributed by atoms with E-state index < -0.39 is 0 Å². The summed E-state index contributed by atoms with van der Waals surface area (Å²) in [7, 11) is 1.53. The monoisotopic (exact) mass is 408 g/mol. The van der Waals surface area contributed by atoms with Gasteiger partial charge in [0.1, 0.15) is 5.75 Å². The number of nitrogens with one attached hydrogen (secondary N) is 2. The molecule has 1 heterocycles. The van der Waals surface area contributed by atoms with Gasteiger partial charge in [0, 0.05) is 10.6 Å². The van der Waals surface area contributed by atoms with Crippen molar-refractivity contribution in [3.05, 3.63) is 52.5 Å². The first-order chi connectivity index (χ1) is 12.6. The van der Waals surface area contributed by atoms with E-state index in [1.54, 1.807) is 24.3 Å². The maximum atomic E-state index is 12.2. The van der Waals surface area contributed by atoms with Gasteiger partial charge in [-0.2, -0.15) is 0 Å². The van der Waals surface area contributed by atoms with Crippen LogP contribution in [0.4, 0.5) is 5.69 Å². The molecule has 0 spiro atoms. The van der Waals surface area contributed by atoms with Crippen molar-refractivity contribution in [1.29, 1.82) is 0 Å². The van der Waals surface area contributed by atoms with Gasteiger partial charge in [-0.25, -0.2) is 4.98 Å². The van der Waals surface area contributed by atoms with Gasteiger partial charge in [0.15, 0.2) is 5.82 Å². The van der Waals surface area contributed by atoms with Gasteiger partial charge in [0.2, 0.25) is 11.1 Å². The average Bonchev–Trinajstić information content (AvgIpc) is 3.09. The number of benzene rings is 2. The normalized spacial score (nSPS) is 10.6. The number of nitrogens with zero attached hydrogens (tertiary/aromatic N) is 2. The van der Waals surface area contributed by atoms with E-state index in [0.717, 1.165) is 5.56 Å². The maximum Gasteiger partial charge on any atom is 0.234 e. The van der Waals surface area contributed by atoms with Gasteiger partial charge in [-0.15, -0.1) is 5.10 Å². The summed E-state index contributed by atoms with van der Waals surface area (Å²) in [6.07, 6.45) is 0. The number of anilines is 1. The van der Waals surface area contributed by atoms with Crippen LogP contribution < -0.4 is 10.1 Å². The summed E-state index contributed by atoms with van der Waals surface area (Å²) in [5.41, 5.74) is 1.26. The second kappa shape index (κ2) is 8.44. The van der Waals surface area contributed by atoms with Gasteiger partial charge < -0.3 is 10.1 Å². The molecule has 3 aromatic rings. The Balaban J connectivity index is 1.62. The van der Waals surface area contributed by atoms with E-state index in [1.807, 2.05) is 18.2 Å². The number of carbonyl (C=O) groups is 1. The fourth-order valence-electron chi connectivity index (χ4n) is 2.18. The van der Waals surface area contributed by atoms with Crippen LogP contribution in [0.2, 0.25) is 10.0 Å². The van der Waals surface area contributed by atoms with Gasteiger partial charge in [0.05, 0.1) is 23.6 Å². The smallest absolute Gasteiger partial charge is 0.234 e. The minimum atomic E-state index is -0.223. The molecule has 0 fully saturated rings. The third-order valence-electron chi connectivity index (χ3n) is 3.36. The topological polar surface area (TPSA) is 79.9 Å². The first kappa shape index (κ1) is 18.6. The van der Waals surface area contributed by atoms with E-state index in [-0.39, 0.29) is 11.7 Å². The molecule has 0 aliphatic carbocycles. The number of amides is 1. The molecule has 1 aromatic heterocycles. The number of hydrogen-bond donors (Lipinski definition) is 2. The molecule has 6 nitrogen and oxygen atoms in total. The van der Waals surface area contributed by atoms with Crippen molar-refractivity contribution in [3.63, 3.8) is 0 Å². The summed E-state index contributed by atoms with van der Waals surface area (Å²) in [6.45, 7) is 0. The molecule has 2 N–H and O–H groups in total. The van der Waals surface area contributed by atoms with E-state index in [0.29, 0.717) is 32.5 Å². The number of H-pyrrole nitrogens is 1. The zero-order valence-electron chi connectivity index (χ0n) is 13.6. The van der Waals surface area contributed by atoms with Crippen LogP contribution >= 0.6 is 35.0 Å². The molecule has 9 heteroatoms. The van der Waals surface area contributed by atoms with Crippen molar-refractivity contribution in [1.82, 2.24) is 15.2 Å². The zero-order valence-corrected chi connectivity index (χ0v) is 16.0. The van der Waals surface area contributed by atoms with Crippen molar-refractivity contribution >= 4 is 46.6 Å². The van der Waals surface area contributed by atoms with Crippen molar-refractivity contribution in [2.75, 3.05) is 18.2 Å². The second-order valence-electron chi connectivity index (χ2n) is 5.13. The Morgan fingerprint density at radius 3 is 2.85 bits per heavy atom. The summed E-state index contributed by atoms with van der Waals surface area (Å²) in [6, 6.07) is 12.3. The molecule has 0 unspecified atom stereocenters. The SMILES string of the molecule is COc1ccc(Cl)cc1NC(=O)CSc1n[nH]c(-c2ccccc2Cl)n1. The highest BCUT2D eigenvalue weighted by atomic mass is 35.5. The molecule has 0 saturated heterocycles. The number of methoxy groups -OCH3 is 1. The Hall–Kier alpha value is -2.22. The molecule has 26 heavy (non-hydrogen) atoms. The molecular formula is C17H14Cl2N4O2S. The van der Waals surface area contributed by atoms with E-state index in [9.17, 15) is 4.79 Å². The highest BCUT2D eigenvalue weighted by molar-refractivity contribution is 7.99. The van der Waals surface area contributed by atoms with Gasteiger partial charge in [-0.1, -0.05) is 47.1 Å². The molecule has 0 bridgehead atoms. The van der Waals surface area contributed by atoms with Crippen molar-refractivity contribution in [3.8, 4) is 17.1 Å². The lowest BCUT2D eigenvalue weighted by molar-refractivity contribution is -0.113. The predicted octanol–water partition coefficient (Wildman–Crippen LogP) is 4.52. The highest BCUT2D eigenvalue weighted by Gasteiger charge is 2.12. The lowest BCUT2D eigenvalue weighted by Gasteiger charge is -2.09. The highest BCUT2D eigenvalue weighted by Crippen LogP contribution is 2.28. The van der Waals surface area contributed by atoms with Gasteiger partial charge in [-0.3, -0.25) is 9.89 Å². The average molecular weight is 409 g/mol. The van der Waals surface area contributed by atoms with Crippen LogP contribution in [0.25, 0.3) is 11.4 Å². The number of carbonyl (C=O) groups excluding carboxylic acids is 1. The number of rotatable bonds is 6. The minimum Gasteiger partial charge on any atom is -0.495 e. The van der Waals surface area contributed by atoms with Gasteiger partial charge >= 0.3 is 0 Å². The van der Waals surface area contributed by atoms with E-state index >= 15 is 0 Å². The van der Waals surface area contributed by atoms with E-state index in [2.05, 4.69) is 20.5 Å². The van der Waals surface area contributed by atoms with Gasteiger partial charge in [0.25, 0.3) is 0 Å². The van der Waals surface area contributed by atoms with Crippen LogP contribution in [-0.4, -0.2) is 34.0 Å². The van der Waals surface area contributed by atoms with Crippen LogP contribution in [0.5, 0.6) is 5.75 Å². The lowest BCUT2D eigenvalue weighted by atomic mass is 10.2. The van der Waals surface area contributed by atoms with Gasteiger partial charge in [-0.05, 0) is 30.3 Å². The standard InChI is InChI=1S/C17H14Cl2N4O2S/c1-25-14-7-6-10(18)8-13(14)20-15(24)9-26-17-21-16(22-23-17)11-4-2-3-5-12(11)19/h2-8H,9H2,1H3,(H,20,24)(H,21,22,23). The van der Waals surface area contributed by atoms with Crippen molar-refractivity contribution in [2.24, 2.45) is 0 Å². The first-order valence-corrected chi connectivity index (χ1v) is 9.24. The fraction of sp³-hybridized carbons (Fsp3) is 0.118. The molecule has 1 amide bonds. The third-order valence-corrected chi connectivity index (χ3v) is 4.77. The molecule has 2 aromatic carbocycles. The van der Waals surface area contributed by atoms with E-state index in [4.69, 9.17) is 27.9 Å². The molecule has 3 rings (SSSR count). The van der Waals surface area contributed by atoms with Crippen molar-refractivity contribution in [2.45, 2.75) is 5.16 Å². The summed E-state index contributed by atoms with van der Waals surface area (Å²) in [4.78, 5) is 16.5. The van der Waals surface area contributed by atoms with Crippen LogP contribution in [0.15, 0.2) is 47.6 Å². The third kappa shape index (κ3) is 4.49. The number of aromatic nitrogens is 3. The number of thioether (sulfide) groups is 1. The summed E-state index contributed by atoms with van der Waals surface area (Å²) < 4.78 is 5.21. The second-order valence-corrected chi connectivity index (χ2v) is 6.91. The molecule has 0 aliphatic heterocycles. The Morgan fingerprint density at radius 1 is 1.27 bits per heavy atom. The molecule has 0 saturated carbocycles. The number of hydrogen-bond acceptors (Lipinski definition) is 5. The first-order valence-electron chi connectivity index (χ1n) is 7.50. The quantitative estimate of drug-likeness (QED) is 0.586. The Morgan fingerprint density at radius 2 is 2.08 bits per heavy atom. The van der Waals surface area contributed by atoms with Crippen LogP contribution in [0.3, 0.4) is 0 Å². The maximum absolute atomic E-state index is 12.2. The van der Waals surface area contributed by atoms with Crippen LogP contribution in [-0.2, 0) is 4.79 Å². The lowest BCUT2D eigenvalue weighted by Crippen LogP contribution is -2.14. The predicted molar refractivity (Wildman–Crippen MR) is 104 cm³/mol. The molecule has 0 atom stereocenters. The summed E-state index contributed by atoms with van der Waals surface area (Å²) in [5.74, 6) is 0.997. The Kier molecular flexibility index (Phi) is 6.03.